The highest BCUT2D eigenvalue weighted by molar-refractivity contribution is 7.85. The summed E-state index contributed by atoms with van der Waals surface area (Å²) in [5.74, 6) is 1.24. The summed E-state index contributed by atoms with van der Waals surface area (Å²) in [6.45, 7) is 6.30. The molecule has 0 aliphatic carbocycles. The van der Waals surface area contributed by atoms with E-state index in [0.29, 0.717) is 11.6 Å². The van der Waals surface area contributed by atoms with Crippen LogP contribution in [0.15, 0.2) is 23.1 Å². The second-order valence-corrected chi connectivity index (χ2v) is 5.90. The van der Waals surface area contributed by atoms with Gasteiger partial charge in [-0.2, -0.15) is 0 Å². The Hall–Kier alpha value is -0.830. The molecule has 0 fully saturated rings. The van der Waals surface area contributed by atoms with Gasteiger partial charge in [-0.3, -0.25) is 4.21 Å². The van der Waals surface area contributed by atoms with E-state index in [1.54, 1.807) is 0 Å². The Morgan fingerprint density at radius 2 is 2.12 bits per heavy atom. The van der Waals surface area contributed by atoms with E-state index < -0.39 is 10.8 Å². The molecule has 3 heteroatoms. The SMILES string of the molecule is CCCC(C)CS(=O)c1cc(N)ccc1C. The Kier molecular flexibility index (Phi) is 5.00. The summed E-state index contributed by atoms with van der Waals surface area (Å²) in [6, 6.07) is 5.63. The second-order valence-electron chi connectivity index (χ2n) is 4.43. The molecule has 90 valence electrons. The third kappa shape index (κ3) is 3.63. The number of rotatable bonds is 5. The highest BCUT2D eigenvalue weighted by Gasteiger charge is 2.11. The summed E-state index contributed by atoms with van der Waals surface area (Å²) in [4.78, 5) is 0.892. The van der Waals surface area contributed by atoms with Gasteiger partial charge in [0.15, 0.2) is 0 Å². The first-order valence-electron chi connectivity index (χ1n) is 5.79. The largest absolute Gasteiger partial charge is 0.399 e. The lowest BCUT2D eigenvalue weighted by Crippen LogP contribution is -2.09. The molecule has 0 amide bonds. The molecule has 1 aromatic carbocycles. The Balaban J connectivity index is 2.76. The smallest absolute Gasteiger partial charge is 0.0535 e. The Morgan fingerprint density at radius 3 is 2.75 bits per heavy atom. The molecule has 0 aliphatic heterocycles. The number of nitrogen functional groups attached to an aromatic ring is 1. The van der Waals surface area contributed by atoms with Crippen molar-refractivity contribution in [3.8, 4) is 0 Å². The first-order chi connectivity index (χ1) is 7.54. The monoisotopic (exact) mass is 239 g/mol. The minimum Gasteiger partial charge on any atom is -0.399 e. The van der Waals surface area contributed by atoms with Crippen molar-refractivity contribution in [1.82, 2.24) is 0 Å². The lowest BCUT2D eigenvalue weighted by atomic mass is 10.1. The number of aryl methyl sites for hydroxylation is 1. The van der Waals surface area contributed by atoms with Gasteiger partial charge in [0.25, 0.3) is 0 Å². The van der Waals surface area contributed by atoms with Crippen molar-refractivity contribution >= 4 is 16.5 Å². The topological polar surface area (TPSA) is 43.1 Å². The predicted octanol–water partition coefficient (Wildman–Crippen LogP) is 3.12. The maximum atomic E-state index is 12.2. The van der Waals surface area contributed by atoms with Gasteiger partial charge in [0.2, 0.25) is 0 Å². The molecule has 16 heavy (non-hydrogen) atoms. The number of hydrogen-bond acceptors (Lipinski definition) is 2. The first kappa shape index (κ1) is 13.2. The molecule has 1 aromatic rings. The van der Waals surface area contributed by atoms with Gasteiger partial charge in [-0.1, -0.05) is 32.8 Å². The van der Waals surface area contributed by atoms with E-state index in [9.17, 15) is 4.21 Å². The molecule has 2 nitrogen and oxygen atoms in total. The van der Waals surface area contributed by atoms with Crippen LogP contribution in [0.5, 0.6) is 0 Å². The Morgan fingerprint density at radius 1 is 1.44 bits per heavy atom. The predicted molar refractivity (Wildman–Crippen MR) is 70.9 cm³/mol. The summed E-state index contributed by atoms with van der Waals surface area (Å²) in [7, 11) is -0.917. The third-order valence-electron chi connectivity index (χ3n) is 2.67. The highest BCUT2D eigenvalue weighted by Crippen LogP contribution is 2.19. The average Bonchev–Trinajstić information content (AvgIpc) is 2.21. The molecule has 0 bridgehead atoms. The summed E-state index contributed by atoms with van der Waals surface area (Å²) < 4.78 is 12.2. The highest BCUT2D eigenvalue weighted by atomic mass is 32.2. The zero-order valence-electron chi connectivity index (χ0n) is 10.3. The molecule has 0 saturated heterocycles. The first-order valence-corrected chi connectivity index (χ1v) is 7.11. The maximum Gasteiger partial charge on any atom is 0.0535 e. The van der Waals surface area contributed by atoms with Crippen LogP contribution >= 0.6 is 0 Å². The minimum atomic E-state index is -0.917. The van der Waals surface area contributed by atoms with Crippen molar-refractivity contribution in [2.24, 2.45) is 5.92 Å². The molecule has 0 aliphatic rings. The zero-order chi connectivity index (χ0) is 12.1. The standard InChI is InChI=1S/C13H21NOS/c1-4-5-10(2)9-16(15)13-8-12(14)7-6-11(13)3/h6-8,10H,4-5,9,14H2,1-3H3. The van der Waals surface area contributed by atoms with Crippen LogP contribution in [-0.2, 0) is 10.8 Å². The van der Waals surface area contributed by atoms with Crippen LogP contribution in [0.4, 0.5) is 5.69 Å². The molecule has 0 radical (unpaired) electrons. The molecule has 1 rings (SSSR count). The van der Waals surface area contributed by atoms with Crippen LogP contribution in [0, 0.1) is 12.8 Å². The number of anilines is 1. The van der Waals surface area contributed by atoms with Crippen LogP contribution in [0.25, 0.3) is 0 Å². The summed E-state index contributed by atoms with van der Waals surface area (Å²) in [5, 5.41) is 0. The van der Waals surface area contributed by atoms with Crippen LogP contribution in [0.2, 0.25) is 0 Å². The van der Waals surface area contributed by atoms with E-state index in [1.807, 2.05) is 25.1 Å². The molecule has 0 spiro atoms. The van der Waals surface area contributed by atoms with Crippen LogP contribution < -0.4 is 5.73 Å². The van der Waals surface area contributed by atoms with Gasteiger partial charge in [-0.25, -0.2) is 0 Å². The lowest BCUT2D eigenvalue weighted by Gasteiger charge is -2.11. The molecule has 0 heterocycles. The Labute approximate surface area is 101 Å². The molecule has 0 aromatic heterocycles. The summed E-state index contributed by atoms with van der Waals surface area (Å²) in [5.41, 5.74) is 7.48. The Bertz CT molecular complexity index is 376. The van der Waals surface area contributed by atoms with Crippen LogP contribution in [0.1, 0.15) is 32.3 Å². The molecular weight excluding hydrogens is 218 g/mol. The molecule has 0 saturated carbocycles. The second kappa shape index (κ2) is 6.04. The van der Waals surface area contributed by atoms with Crippen molar-refractivity contribution in [2.45, 2.75) is 38.5 Å². The van der Waals surface area contributed by atoms with E-state index >= 15 is 0 Å². The van der Waals surface area contributed by atoms with E-state index in [-0.39, 0.29) is 0 Å². The van der Waals surface area contributed by atoms with Crippen LogP contribution in [0.3, 0.4) is 0 Å². The minimum absolute atomic E-state index is 0.506. The van der Waals surface area contributed by atoms with Gasteiger partial charge in [-0.15, -0.1) is 0 Å². The van der Waals surface area contributed by atoms with Crippen molar-refractivity contribution in [3.63, 3.8) is 0 Å². The van der Waals surface area contributed by atoms with Crippen molar-refractivity contribution in [2.75, 3.05) is 11.5 Å². The normalized spacial score (nSPS) is 14.7. The fourth-order valence-electron chi connectivity index (χ4n) is 1.79. The molecular formula is C13H21NOS. The average molecular weight is 239 g/mol. The maximum absolute atomic E-state index is 12.2. The third-order valence-corrected chi connectivity index (χ3v) is 4.48. The van der Waals surface area contributed by atoms with Gasteiger partial charge in [0.05, 0.1) is 10.8 Å². The number of hydrogen-bond donors (Lipinski definition) is 1. The summed E-state index contributed by atoms with van der Waals surface area (Å²) in [6.07, 6.45) is 2.28. The van der Waals surface area contributed by atoms with Gasteiger partial charge < -0.3 is 5.73 Å². The fraction of sp³-hybridized carbons (Fsp3) is 0.538. The van der Waals surface area contributed by atoms with Gasteiger partial charge >= 0.3 is 0 Å². The van der Waals surface area contributed by atoms with Crippen molar-refractivity contribution in [1.29, 1.82) is 0 Å². The number of benzene rings is 1. The van der Waals surface area contributed by atoms with Crippen molar-refractivity contribution < 1.29 is 4.21 Å². The zero-order valence-corrected chi connectivity index (χ0v) is 11.1. The van der Waals surface area contributed by atoms with Crippen molar-refractivity contribution in [3.05, 3.63) is 23.8 Å². The number of nitrogens with two attached hydrogens (primary N) is 1. The van der Waals surface area contributed by atoms with Crippen LogP contribution in [-0.4, -0.2) is 9.96 Å². The van der Waals surface area contributed by atoms with Gasteiger partial charge in [0, 0.05) is 16.3 Å². The fourth-order valence-corrected chi connectivity index (χ4v) is 3.34. The molecule has 2 atom stereocenters. The molecule has 2 N–H and O–H groups in total. The van der Waals surface area contributed by atoms with Gasteiger partial charge in [0.1, 0.15) is 0 Å². The van der Waals surface area contributed by atoms with E-state index in [4.69, 9.17) is 5.73 Å². The molecule has 2 unspecified atom stereocenters. The van der Waals surface area contributed by atoms with E-state index in [1.165, 1.54) is 0 Å². The lowest BCUT2D eigenvalue weighted by molar-refractivity contribution is 0.574. The van der Waals surface area contributed by atoms with E-state index in [2.05, 4.69) is 13.8 Å². The summed E-state index contributed by atoms with van der Waals surface area (Å²) >= 11 is 0. The van der Waals surface area contributed by atoms with E-state index in [0.717, 1.165) is 29.1 Å². The van der Waals surface area contributed by atoms with Gasteiger partial charge in [-0.05, 0) is 30.5 Å². The quantitative estimate of drug-likeness (QED) is 0.802.